The van der Waals surface area contributed by atoms with Gasteiger partial charge in [0.25, 0.3) is 5.69 Å². The Morgan fingerprint density at radius 3 is 2.47 bits per heavy atom. The van der Waals surface area contributed by atoms with Crippen LogP contribution in [0, 0.1) is 16.0 Å². The number of rotatable bonds is 7. The first-order valence-corrected chi connectivity index (χ1v) is 6.30. The van der Waals surface area contributed by atoms with E-state index >= 15 is 0 Å². The van der Waals surface area contributed by atoms with Gasteiger partial charge in [-0.1, -0.05) is 13.8 Å². The molecule has 0 aliphatic rings. The fourth-order valence-electron chi connectivity index (χ4n) is 1.45. The molecule has 1 amide bonds. The standard InChI is InChI=1S/C13H19N3O3/c1-3-10(2)13(17)15-9-8-14-11-4-6-12(7-5-11)16(18)19/h4-7,10,14H,3,8-9H2,1-2H3,(H,15,17). The van der Waals surface area contributed by atoms with E-state index in [4.69, 9.17) is 0 Å². The first-order valence-electron chi connectivity index (χ1n) is 6.30. The van der Waals surface area contributed by atoms with Gasteiger partial charge < -0.3 is 10.6 Å². The quantitative estimate of drug-likeness (QED) is 0.449. The molecular formula is C13H19N3O3. The normalized spacial score (nSPS) is 11.7. The largest absolute Gasteiger partial charge is 0.383 e. The molecule has 2 N–H and O–H groups in total. The summed E-state index contributed by atoms with van der Waals surface area (Å²) in [5, 5.41) is 16.4. The SMILES string of the molecule is CCC(C)C(=O)NCCNc1ccc([N+](=O)[O-])cc1. The molecule has 0 aliphatic heterocycles. The summed E-state index contributed by atoms with van der Waals surface area (Å²) in [7, 11) is 0. The number of carbonyl (C=O) groups is 1. The molecular weight excluding hydrogens is 246 g/mol. The van der Waals surface area contributed by atoms with E-state index in [0.717, 1.165) is 12.1 Å². The first kappa shape index (κ1) is 14.9. The van der Waals surface area contributed by atoms with Gasteiger partial charge in [-0.2, -0.15) is 0 Å². The number of nitro benzene ring substituents is 1. The Balaban J connectivity index is 2.30. The second kappa shape index (κ2) is 7.35. The lowest BCUT2D eigenvalue weighted by Crippen LogP contribution is -2.32. The Morgan fingerprint density at radius 2 is 1.95 bits per heavy atom. The Morgan fingerprint density at radius 1 is 1.32 bits per heavy atom. The molecule has 1 unspecified atom stereocenters. The number of nitrogens with zero attached hydrogens (tertiary/aromatic N) is 1. The van der Waals surface area contributed by atoms with E-state index in [2.05, 4.69) is 10.6 Å². The molecule has 1 aromatic rings. The number of amides is 1. The van der Waals surface area contributed by atoms with Crippen molar-refractivity contribution < 1.29 is 9.72 Å². The molecule has 0 aromatic heterocycles. The van der Waals surface area contributed by atoms with Crippen LogP contribution in [-0.2, 0) is 4.79 Å². The molecule has 1 rings (SSSR count). The van der Waals surface area contributed by atoms with Crippen LogP contribution < -0.4 is 10.6 Å². The van der Waals surface area contributed by atoms with Gasteiger partial charge in [-0.25, -0.2) is 0 Å². The van der Waals surface area contributed by atoms with Gasteiger partial charge >= 0.3 is 0 Å². The van der Waals surface area contributed by atoms with E-state index in [-0.39, 0.29) is 17.5 Å². The third kappa shape index (κ3) is 4.95. The van der Waals surface area contributed by atoms with Crippen molar-refractivity contribution in [3.05, 3.63) is 34.4 Å². The van der Waals surface area contributed by atoms with Crippen LogP contribution in [0.3, 0.4) is 0 Å². The zero-order chi connectivity index (χ0) is 14.3. The maximum absolute atomic E-state index is 11.5. The van der Waals surface area contributed by atoms with Gasteiger partial charge in [0.1, 0.15) is 0 Å². The van der Waals surface area contributed by atoms with Gasteiger partial charge in [-0.05, 0) is 18.6 Å². The average molecular weight is 265 g/mol. The van der Waals surface area contributed by atoms with E-state index < -0.39 is 4.92 Å². The predicted octanol–water partition coefficient (Wildman–Crippen LogP) is 2.17. The van der Waals surface area contributed by atoms with Crippen molar-refractivity contribution in [2.75, 3.05) is 18.4 Å². The molecule has 6 heteroatoms. The summed E-state index contributed by atoms with van der Waals surface area (Å²) in [6, 6.07) is 6.18. The lowest BCUT2D eigenvalue weighted by molar-refractivity contribution is -0.384. The van der Waals surface area contributed by atoms with Crippen LogP contribution in [0.25, 0.3) is 0 Å². The van der Waals surface area contributed by atoms with Crippen LogP contribution in [0.4, 0.5) is 11.4 Å². The number of hydrogen-bond donors (Lipinski definition) is 2. The van der Waals surface area contributed by atoms with Crippen molar-refractivity contribution in [3.63, 3.8) is 0 Å². The molecule has 0 heterocycles. The second-order valence-electron chi connectivity index (χ2n) is 4.33. The first-order chi connectivity index (χ1) is 9.04. The number of hydrogen-bond acceptors (Lipinski definition) is 4. The number of benzene rings is 1. The zero-order valence-electron chi connectivity index (χ0n) is 11.2. The number of carbonyl (C=O) groups excluding carboxylic acids is 1. The lowest BCUT2D eigenvalue weighted by Gasteiger charge is -2.11. The summed E-state index contributed by atoms with van der Waals surface area (Å²) in [5.41, 5.74) is 0.860. The lowest BCUT2D eigenvalue weighted by atomic mass is 10.1. The summed E-state index contributed by atoms with van der Waals surface area (Å²) in [5.74, 6) is 0.0763. The minimum absolute atomic E-state index is 0.0272. The molecule has 0 spiro atoms. The van der Waals surface area contributed by atoms with E-state index in [1.54, 1.807) is 12.1 Å². The second-order valence-corrected chi connectivity index (χ2v) is 4.33. The van der Waals surface area contributed by atoms with Crippen molar-refractivity contribution in [1.29, 1.82) is 0 Å². The van der Waals surface area contributed by atoms with Crippen LogP contribution in [0.2, 0.25) is 0 Å². The van der Waals surface area contributed by atoms with Crippen molar-refractivity contribution in [2.24, 2.45) is 5.92 Å². The topological polar surface area (TPSA) is 84.3 Å². The molecule has 0 saturated heterocycles. The molecule has 6 nitrogen and oxygen atoms in total. The van der Waals surface area contributed by atoms with Crippen LogP contribution >= 0.6 is 0 Å². The van der Waals surface area contributed by atoms with E-state index in [1.165, 1.54) is 12.1 Å². The molecule has 0 bridgehead atoms. The highest BCUT2D eigenvalue weighted by molar-refractivity contribution is 5.78. The maximum atomic E-state index is 11.5. The maximum Gasteiger partial charge on any atom is 0.269 e. The third-order valence-corrected chi connectivity index (χ3v) is 2.89. The zero-order valence-corrected chi connectivity index (χ0v) is 11.2. The molecule has 0 fully saturated rings. The Labute approximate surface area is 112 Å². The molecule has 104 valence electrons. The van der Waals surface area contributed by atoms with Crippen LogP contribution in [0.5, 0.6) is 0 Å². The average Bonchev–Trinajstić information content (AvgIpc) is 2.42. The summed E-state index contributed by atoms with van der Waals surface area (Å²) in [6.07, 6.45) is 0.821. The predicted molar refractivity (Wildman–Crippen MR) is 74.1 cm³/mol. The monoisotopic (exact) mass is 265 g/mol. The highest BCUT2D eigenvalue weighted by atomic mass is 16.6. The number of nitro groups is 1. The summed E-state index contributed by atoms with van der Waals surface area (Å²) >= 11 is 0. The molecule has 0 radical (unpaired) electrons. The fourth-order valence-corrected chi connectivity index (χ4v) is 1.45. The van der Waals surface area contributed by atoms with E-state index in [0.29, 0.717) is 13.1 Å². The van der Waals surface area contributed by atoms with Gasteiger partial charge in [0.05, 0.1) is 4.92 Å². The number of nitrogens with one attached hydrogen (secondary N) is 2. The Bertz CT molecular complexity index is 431. The van der Waals surface area contributed by atoms with Crippen LogP contribution in [0.15, 0.2) is 24.3 Å². The molecule has 19 heavy (non-hydrogen) atoms. The Hall–Kier alpha value is -2.11. The van der Waals surface area contributed by atoms with Gasteiger partial charge in [-0.3, -0.25) is 14.9 Å². The third-order valence-electron chi connectivity index (χ3n) is 2.89. The smallest absolute Gasteiger partial charge is 0.269 e. The highest BCUT2D eigenvalue weighted by Gasteiger charge is 2.08. The molecule has 1 atom stereocenters. The summed E-state index contributed by atoms with van der Waals surface area (Å²) in [6.45, 7) is 4.97. The fraction of sp³-hybridized carbons (Fsp3) is 0.462. The van der Waals surface area contributed by atoms with Crippen molar-refractivity contribution in [2.45, 2.75) is 20.3 Å². The Kier molecular flexibility index (Phi) is 5.78. The molecule has 0 saturated carbocycles. The van der Waals surface area contributed by atoms with E-state index in [9.17, 15) is 14.9 Å². The van der Waals surface area contributed by atoms with Gasteiger partial charge in [0, 0.05) is 36.8 Å². The van der Waals surface area contributed by atoms with Gasteiger partial charge in [0.2, 0.25) is 5.91 Å². The van der Waals surface area contributed by atoms with Crippen molar-refractivity contribution >= 4 is 17.3 Å². The van der Waals surface area contributed by atoms with Crippen LogP contribution in [-0.4, -0.2) is 23.9 Å². The van der Waals surface area contributed by atoms with Crippen molar-refractivity contribution in [3.8, 4) is 0 Å². The molecule has 1 aromatic carbocycles. The summed E-state index contributed by atoms with van der Waals surface area (Å²) < 4.78 is 0. The number of non-ortho nitro benzene ring substituents is 1. The minimum atomic E-state index is -0.434. The van der Waals surface area contributed by atoms with Crippen molar-refractivity contribution in [1.82, 2.24) is 5.32 Å². The summed E-state index contributed by atoms with van der Waals surface area (Å²) in [4.78, 5) is 21.5. The van der Waals surface area contributed by atoms with E-state index in [1.807, 2.05) is 13.8 Å². The van der Waals surface area contributed by atoms with Gasteiger partial charge in [0.15, 0.2) is 0 Å². The van der Waals surface area contributed by atoms with Crippen LogP contribution in [0.1, 0.15) is 20.3 Å². The minimum Gasteiger partial charge on any atom is -0.383 e. The molecule has 0 aliphatic carbocycles. The highest BCUT2D eigenvalue weighted by Crippen LogP contribution is 2.14. The number of anilines is 1. The van der Waals surface area contributed by atoms with Gasteiger partial charge in [-0.15, -0.1) is 0 Å².